The van der Waals surface area contributed by atoms with Crippen molar-refractivity contribution in [2.24, 2.45) is 10.9 Å². The van der Waals surface area contributed by atoms with Crippen LogP contribution in [0.25, 0.3) is 0 Å². The topological polar surface area (TPSA) is 71.5 Å². The molecule has 110 valence electrons. The number of aryl methyl sites for hydroxylation is 1. The molecule has 0 saturated carbocycles. The van der Waals surface area contributed by atoms with Gasteiger partial charge in [-0.2, -0.15) is 0 Å². The molecule has 4 nitrogen and oxygen atoms in total. The van der Waals surface area contributed by atoms with Gasteiger partial charge in [0.05, 0.1) is 5.56 Å². The fraction of sp³-hybridized carbons (Fsp3) is 0.250. The van der Waals surface area contributed by atoms with Crippen molar-refractivity contribution in [2.75, 3.05) is 0 Å². The van der Waals surface area contributed by atoms with E-state index in [9.17, 15) is 0 Å². The molecule has 21 heavy (non-hydrogen) atoms. The first-order chi connectivity index (χ1) is 10.0. The predicted molar refractivity (Wildman–Crippen MR) is 86.1 cm³/mol. The van der Waals surface area contributed by atoms with Gasteiger partial charge in [0, 0.05) is 10.6 Å². The molecule has 2 aromatic rings. The molecule has 0 aliphatic carbocycles. The third kappa shape index (κ3) is 3.76. The van der Waals surface area contributed by atoms with Crippen molar-refractivity contribution in [3.8, 4) is 0 Å². The number of nitrogens with zero attached hydrogens (tertiary/aromatic N) is 2. The van der Waals surface area contributed by atoms with Crippen molar-refractivity contribution in [3.05, 3.63) is 53.2 Å². The summed E-state index contributed by atoms with van der Waals surface area (Å²) < 4.78 is 0. The average Bonchev–Trinajstić information content (AvgIpc) is 2.47. The quantitative estimate of drug-likeness (QED) is 0.390. The molecule has 0 amide bonds. The fourth-order valence-corrected chi connectivity index (χ4v) is 2.86. The van der Waals surface area contributed by atoms with E-state index in [2.05, 4.69) is 48.3 Å². The SMILES string of the molecule is Cc1ccc(C(N)=NO)c(Sc2ccc(C(C)C)cc2)n1. The van der Waals surface area contributed by atoms with Gasteiger partial charge in [0.1, 0.15) is 5.03 Å². The molecule has 0 aliphatic heterocycles. The zero-order chi connectivity index (χ0) is 15.4. The van der Waals surface area contributed by atoms with Gasteiger partial charge in [0.25, 0.3) is 0 Å². The highest BCUT2D eigenvalue weighted by molar-refractivity contribution is 7.99. The van der Waals surface area contributed by atoms with Crippen LogP contribution in [0.15, 0.2) is 51.5 Å². The second kappa shape index (κ2) is 6.63. The summed E-state index contributed by atoms with van der Waals surface area (Å²) in [5.41, 5.74) is 8.54. The summed E-state index contributed by atoms with van der Waals surface area (Å²) in [6, 6.07) is 12.0. The van der Waals surface area contributed by atoms with Crippen LogP contribution in [-0.4, -0.2) is 16.0 Å². The first kappa shape index (κ1) is 15.4. The molecule has 0 unspecified atom stereocenters. The van der Waals surface area contributed by atoms with E-state index >= 15 is 0 Å². The number of aromatic nitrogens is 1. The molecule has 5 heteroatoms. The lowest BCUT2D eigenvalue weighted by Crippen LogP contribution is -2.15. The number of benzene rings is 1. The third-order valence-electron chi connectivity index (χ3n) is 3.14. The lowest BCUT2D eigenvalue weighted by molar-refractivity contribution is 0.318. The van der Waals surface area contributed by atoms with Gasteiger partial charge in [-0.05, 0) is 42.7 Å². The van der Waals surface area contributed by atoms with Gasteiger partial charge in [-0.3, -0.25) is 0 Å². The maximum atomic E-state index is 8.87. The van der Waals surface area contributed by atoms with Crippen molar-refractivity contribution in [1.29, 1.82) is 0 Å². The Morgan fingerprint density at radius 2 is 1.86 bits per heavy atom. The smallest absolute Gasteiger partial charge is 0.172 e. The van der Waals surface area contributed by atoms with Crippen molar-refractivity contribution in [1.82, 2.24) is 4.98 Å². The van der Waals surface area contributed by atoms with Gasteiger partial charge in [-0.25, -0.2) is 4.98 Å². The predicted octanol–water partition coefficient (Wildman–Crippen LogP) is 3.76. The number of hydrogen-bond acceptors (Lipinski definition) is 4. The van der Waals surface area contributed by atoms with Crippen molar-refractivity contribution in [3.63, 3.8) is 0 Å². The Hall–Kier alpha value is -2.01. The summed E-state index contributed by atoms with van der Waals surface area (Å²) >= 11 is 1.51. The highest BCUT2D eigenvalue weighted by Crippen LogP contribution is 2.30. The van der Waals surface area contributed by atoms with Crippen LogP contribution in [0.5, 0.6) is 0 Å². The van der Waals surface area contributed by atoms with E-state index in [1.807, 2.05) is 19.1 Å². The molecule has 0 saturated heterocycles. The third-order valence-corrected chi connectivity index (χ3v) is 4.16. The molecule has 0 atom stereocenters. The fourth-order valence-electron chi connectivity index (χ4n) is 1.89. The van der Waals surface area contributed by atoms with E-state index in [1.54, 1.807) is 0 Å². The van der Waals surface area contributed by atoms with E-state index in [1.165, 1.54) is 17.3 Å². The lowest BCUT2D eigenvalue weighted by atomic mass is 10.0. The molecule has 1 heterocycles. The largest absolute Gasteiger partial charge is 0.409 e. The summed E-state index contributed by atoms with van der Waals surface area (Å²) in [6.07, 6.45) is 0. The lowest BCUT2D eigenvalue weighted by Gasteiger charge is -2.09. The van der Waals surface area contributed by atoms with Crippen LogP contribution < -0.4 is 5.73 Å². The molecule has 0 radical (unpaired) electrons. The van der Waals surface area contributed by atoms with Gasteiger partial charge in [0.15, 0.2) is 5.84 Å². The summed E-state index contributed by atoms with van der Waals surface area (Å²) in [5, 5.41) is 12.7. The summed E-state index contributed by atoms with van der Waals surface area (Å²) in [7, 11) is 0. The minimum absolute atomic E-state index is 0.0730. The van der Waals surface area contributed by atoms with E-state index in [0.29, 0.717) is 11.5 Å². The molecular weight excluding hydrogens is 282 g/mol. The number of oxime groups is 1. The highest BCUT2D eigenvalue weighted by atomic mass is 32.2. The van der Waals surface area contributed by atoms with Crippen molar-refractivity contribution < 1.29 is 5.21 Å². The molecule has 0 spiro atoms. The van der Waals surface area contributed by atoms with Gasteiger partial charge in [-0.15, -0.1) is 0 Å². The Kier molecular flexibility index (Phi) is 4.85. The van der Waals surface area contributed by atoms with Crippen LogP contribution in [0.3, 0.4) is 0 Å². The Bertz CT molecular complexity index is 651. The standard InChI is InChI=1S/C16H19N3OS/c1-10(2)12-5-7-13(8-6-12)21-16-14(15(17)19-20)9-4-11(3)18-16/h4-10,20H,1-3H3,(H2,17,19). The van der Waals surface area contributed by atoms with Gasteiger partial charge in [0.2, 0.25) is 0 Å². The average molecular weight is 301 g/mol. The van der Waals surface area contributed by atoms with E-state index < -0.39 is 0 Å². The number of amidine groups is 1. The number of pyridine rings is 1. The first-order valence-electron chi connectivity index (χ1n) is 6.74. The Morgan fingerprint density at radius 3 is 2.43 bits per heavy atom. The molecule has 1 aromatic heterocycles. The molecular formula is C16H19N3OS. The van der Waals surface area contributed by atoms with E-state index in [0.717, 1.165) is 15.6 Å². The molecule has 2 rings (SSSR count). The first-order valence-corrected chi connectivity index (χ1v) is 7.56. The molecule has 3 N–H and O–H groups in total. The van der Waals surface area contributed by atoms with Gasteiger partial charge < -0.3 is 10.9 Å². The minimum Gasteiger partial charge on any atom is -0.409 e. The monoisotopic (exact) mass is 301 g/mol. The van der Waals surface area contributed by atoms with Crippen LogP contribution in [0.2, 0.25) is 0 Å². The normalized spacial score (nSPS) is 11.9. The van der Waals surface area contributed by atoms with Crippen LogP contribution in [0, 0.1) is 6.92 Å². The Morgan fingerprint density at radius 1 is 1.19 bits per heavy atom. The van der Waals surface area contributed by atoms with Crippen LogP contribution in [0.1, 0.15) is 36.6 Å². The number of rotatable bonds is 4. The highest BCUT2D eigenvalue weighted by Gasteiger charge is 2.11. The molecule has 0 fully saturated rings. The Labute approximate surface area is 129 Å². The van der Waals surface area contributed by atoms with Crippen LogP contribution >= 0.6 is 11.8 Å². The maximum Gasteiger partial charge on any atom is 0.172 e. The summed E-state index contributed by atoms with van der Waals surface area (Å²) in [4.78, 5) is 5.56. The summed E-state index contributed by atoms with van der Waals surface area (Å²) in [5.74, 6) is 0.581. The number of hydrogen-bond donors (Lipinski definition) is 2. The van der Waals surface area contributed by atoms with Crippen molar-refractivity contribution >= 4 is 17.6 Å². The van der Waals surface area contributed by atoms with Crippen LogP contribution in [0.4, 0.5) is 0 Å². The molecule has 1 aromatic carbocycles. The van der Waals surface area contributed by atoms with Gasteiger partial charge >= 0.3 is 0 Å². The molecule has 0 bridgehead atoms. The maximum absolute atomic E-state index is 8.87. The second-order valence-corrected chi connectivity index (χ2v) is 6.18. The van der Waals surface area contributed by atoms with Gasteiger partial charge in [-0.1, -0.05) is 42.9 Å². The zero-order valence-electron chi connectivity index (χ0n) is 12.4. The van der Waals surface area contributed by atoms with E-state index in [-0.39, 0.29) is 5.84 Å². The molecule has 0 aliphatic rings. The second-order valence-electron chi connectivity index (χ2n) is 5.12. The zero-order valence-corrected chi connectivity index (χ0v) is 13.2. The van der Waals surface area contributed by atoms with Crippen LogP contribution in [-0.2, 0) is 0 Å². The summed E-state index contributed by atoms with van der Waals surface area (Å²) in [6.45, 7) is 6.25. The minimum atomic E-state index is 0.0730. The van der Waals surface area contributed by atoms with Crippen molar-refractivity contribution in [2.45, 2.75) is 36.6 Å². The Balaban J connectivity index is 2.32. The number of nitrogens with two attached hydrogens (primary N) is 1. The van der Waals surface area contributed by atoms with E-state index in [4.69, 9.17) is 10.9 Å².